The van der Waals surface area contributed by atoms with E-state index in [-0.39, 0.29) is 22.0 Å². The summed E-state index contributed by atoms with van der Waals surface area (Å²) in [4.78, 5) is 0.0419. The largest absolute Gasteiger partial charge is 0.266 e. The number of rotatable bonds is 4. The number of hydrogen-bond acceptors (Lipinski definition) is 3. The molecule has 1 aromatic heterocycles. The van der Waals surface area contributed by atoms with Gasteiger partial charge in [0.25, 0.3) is 9.05 Å². The molecule has 4 nitrogen and oxygen atoms in total. The molecule has 0 saturated heterocycles. The van der Waals surface area contributed by atoms with Gasteiger partial charge in [-0.1, -0.05) is 24.4 Å². The number of aromatic nitrogens is 2. The number of halogens is 2. The molecule has 2 aliphatic carbocycles. The molecule has 112 valence electrons. The molecule has 0 aromatic carbocycles. The van der Waals surface area contributed by atoms with E-state index < -0.39 is 9.05 Å². The monoisotopic (exact) mass is 336 g/mol. The first-order valence-electron chi connectivity index (χ1n) is 7.12. The first-order valence-corrected chi connectivity index (χ1v) is 9.81. The van der Waals surface area contributed by atoms with Crippen LogP contribution in [0.25, 0.3) is 0 Å². The van der Waals surface area contributed by atoms with Gasteiger partial charge in [0.05, 0.1) is 11.7 Å². The zero-order chi connectivity index (χ0) is 14.5. The Kier molecular flexibility index (Phi) is 3.80. The molecule has 0 spiro atoms. The molecular formula is C13H18Cl2N2O2S. The fraction of sp³-hybridized carbons (Fsp3) is 0.769. The molecule has 1 aromatic rings. The van der Waals surface area contributed by atoms with Crippen LogP contribution in [0, 0.1) is 5.92 Å². The predicted octanol–water partition coefficient (Wildman–Crippen LogP) is 4.09. The van der Waals surface area contributed by atoms with Crippen molar-refractivity contribution in [1.29, 1.82) is 0 Å². The molecule has 1 atom stereocenters. The average Bonchev–Trinajstić information content (AvgIpc) is 2.94. The van der Waals surface area contributed by atoms with Crippen LogP contribution in [-0.4, -0.2) is 18.2 Å². The molecule has 2 aliphatic rings. The SMILES string of the molecule is CC(C1CC1)n1nc(C2CCCC2)c(S(=O)(=O)Cl)c1Cl. The summed E-state index contributed by atoms with van der Waals surface area (Å²) in [5, 5.41) is 4.72. The van der Waals surface area contributed by atoms with Crippen LogP contribution < -0.4 is 0 Å². The number of nitrogens with zero attached hydrogens (tertiary/aromatic N) is 2. The Bertz CT molecular complexity index is 617. The Morgan fingerprint density at radius 3 is 2.35 bits per heavy atom. The van der Waals surface area contributed by atoms with Crippen molar-refractivity contribution in [3.8, 4) is 0 Å². The highest BCUT2D eigenvalue weighted by Crippen LogP contribution is 2.45. The second-order valence-corrected chi connectivity index (χ2v) is 8.81. The Labute approximate surface area is 128 Å². The Hall–Kier alpha value is -0.260. The maximum Gasteiger partial charge on any atom is 0.266 e. The molecule has 1 heterocycles. The van der Waals surface area contributed by atoms with Gasteiger partial charge in [0.1, 0.15) is 10.0 Å². The van der Waals surface area contributed by atoms with E-state index in [9.17, 15) is 8.42 Å². The Morgan fingerprint density at radius 2 is 1.85 bits per heavy atom. The van der Waals surface area contributed by atoms with E-state index in [1.54, 1.807) is 4.68 Å². The van der Waals surface area contributed by atoms with E-state index in [1.807, 2.05) is 6.92 Å². The number of hydrogen-bond donors (Lipinski definition) is 0. The minimum Gasteiger partial charge on any atom is -0.249 e. The summed E-state index contributed by atoms with van der Waals surface area (Å²) in [6.07, 6.45) is 6.44. The van der Waals surface area contributed by atoms with Gasteiger partial charge in [0, 0.05) is 16.6 Å². The lowest BCUT2D eigenvalue weighted by Crippen LogP contribution is -2.09. The van der Waals surface area contributed by atoms with Gasteiger partial charge in [-0.2, -0.15) is 5.10 Å². The second kappa shape index (κ2) is 5.18. The normalized spacial score (nSPS) is 22.4. The van der Waals surface area contributed by atoms with Crippen molar-refractivity contribution in [3.63, 3.8) is 0 Å². The molecule has 0 N–H and O–H groups in total. The van der Waals surface area contributed by atoms with E-state index in [0.717, 1.165) is 38.5 Å². The van der Waals surface area contributed by atoms with Gasteiger partial charge >= 0.3 is 0 Å². The van der Waals surface area contributed by atoms with Crippen LogP contribution in [0.1, 0.15) is 63.1 Å². The van der Waals surface area contributed by atoms with Crippen LogP contribution in [0.3, 0.4) is 0 Å². The summed E-state index contributed by atoms with van der Waals surface area (Å²) in [6.45, 7) is 2.04. The highest BCUT2D eigenvalue weighted by atomic mass is 35.7. The Balaban J connectivity index is 2.09. The summed E-state index contributed by atoms with van der Waals surface area (Å²) in [5.41, 5.74) is 0.579. The zero-order valence-electron chi connectivity index (χ0n) is 11.3. The molecule has 0 aliphatic heterocycles. The van der Waals surface area contributed by atoms with Crippen molar-refractivity contribution in [3.05, 3.63) is 10.8 Å². The maximum absolute atomic E-state index is 11.9. The van der Waals surface area contributed by atoms with Crippen LogP contribution in [0.2, 0.25) is 5.15 Å². The standard InChI is InChI=1S/C13H18Cl2N2O2S/c1-8(9-6-7-9)17-13(14)12(20(15,18)19)11(16-17)10-4-2-3-5-10/h8-10H,2-7H2,1H3. The summed E-state index contributed by atoms with van der Waals surface area (Å²) in [5.74, 6) is 0.721. The quantitative estimate of drug-likeness (QED) is 0.778. The minimum atomic E-state index is -3.86. The van der Waals surface area contributed by atoms with Gasteiger partial charge < -0.3 is 0 Å². The highest BCUT2D eigenvalue weighted by molar-refractivity contribution is 8.13. The van der Waals surface area contributed by atoms with Gasteiger partial charge in [0.2, 0.25) is 0 Å². The molecule has 7 heteroatoms. The van der Waals surface area contributed by atoms with Crippen LogP contribution >= 0.6 is 22.3 Å². The van der Waals surface area contributed by atoms with Crippen LogP contribution in [0.15, 0.2) is 4.90 Å². The fourth-order valence-corrected chi connectivity index (χ4v) is 5.08. The smallest absolute Gasteiger partial charge is 0.249 e. The molecule has 0 bridgehead atoms. The van der Waals surface area contributed by atoms with Crippen molar-refractivity contribution in [1.82, 2.24) is 9.78 Å². The molecule has 20 heavy (non-hydrogen) atoms. The first-order chi connectivity index (χ1) is 9.39. The molecule has 3 rings (SSSR count). The van der Waals surface area contributed by atoms with E-state index in [2.05, 4.69) is 5.10 Å². The van der Waals surface area contributed by atoms with Crippen LogP contribution in [0.5, 0.6) is 0 Å². The lowest BCUT2D eigenvalue weighted by molar-refractivity contribution is 0.434. The highest BCUT2D eigenvalue weighted by Gasteiger charge is 2.37. The van der Waals surface area contributed by atoms with Crippen molar-refractivity contribution < 1.29 is 8.42 Å². The van der Waals surface area contributed by atoms with E-state index in [0.29, 0.717) is 11.6 Å². The summed E-state index contributed by atoms with van der Waals surface area (Å²) in [7, 11) is 1.73. The van der Waals surface area contributed by atoms with Gasteiger partial charge in [0.15, 0.2) is 0 Å². The molecular weight excluding hydrogens is 319 g/mol. The molecule has 0 radical (unpaired) electrons. The van der Waals surface area contributed by atoms with Crippen molar-refractivity contribution in [2.75, 3.05) is 0 Å². The molecule has 2 fully saturated rings. The third-order valence-electron chi connectivity index (χ3n) is 4.51. The molecule has 2 saturated carbocycles. The zero-order valence-corrected chi connectivity index (χ0v) is 13.7. The Morgan fingerprint density at radius 1 is 1.25 bits per heavy atom. The topological polar surface area (TPSA) is 52.0 Å². The first kappa shape index (κ1) is 14.7. The van der Waals surface area contributed by atoms with Gasteiger partial charge in [-0.15, -0.1) is 0 Å². The third-order valence-corrected chi connectivity index (χ3v) is 6.34. The summed E-state index contributed by atoms with van der Waals surface area (Å²) < 4.78 is 25.4. The fourth-order valence-electron chi connectivity index (χ4n) is 3.16. The van der Waals surface area contributed by atoms with Crippen LogP contribution in [0.4, 0.5) is 0 Å². The molecule has 0 amide bonds. The van der Waals surface area contributed by atoms with Crippen molar-refractivity contribution in [2.45, 2.75) is 62.3 Å². The predicted molar refractivity (Wildman–Crippen MR) is 78.9 cm³/mol. The van der Waals surface area contributed by atoms with E-state index in [4.69, 9.17) is 22.3 Å². The van der Waals surface area contributed by atoms with Gasteiger partial charge in [-0.25, -0.2) is 13.1 Å². The second-order valence-electron chi connectivity index (χ2n) is 5.95. The average molecular weight is 337 g/mol. The maximum atomic E-state index is 11.9. The summed E-state index contributed by atoms with van der Waals surface area (Å²) in [6, 6.07) is 0.134. The van der Waals surface area contributed by atoms with Gasteiger partial charge in [-0.3, -0.25) is 0 Å². The lowest BCUT2D eigenvalue weighted by Gasteiger charge is -2.12. The lowest BCUT2D eigenvalue weighted by atomic mass is 10.1. The summed E-state index contributed by atoms with van der Waals surface area (Å²) >= 11 is 6.30. The van der Waals surface area contributed by atoms with Gasteiger partial charge in [-0.05, 0) is 38.5 Å². The minimum absolute atomic E-state index is 0.0419. The van der Waals surface area contributed by atoms with Crippen molar-refractivity contribution >= 4 is 31.3 Å². The van der Waals surface area contributed by atoms with E-state index in [1.165, 1.54) is 0 Å². The van der Waals surface area contributed by atoms with Crippen LogP contribution in [-0.2, 0) is 9.05 Å². The third kappa shape index (κ3) is 2.60. The molecule has 1 unspecified atom stereocenters. The van der Waals surface area contributed by atoms with Crippen molar-refractivity contribution in [2.24, 2.45) is 5.92 Å². The van der Waals surface area contributed by atoms with E-state index >= 15 is 0 Å².